The highest BCUT2D eigenvalue weighted by Gasteiger charge is 2.36. The van der Waals surface area contributed by atoms with Crippen molar-refractivity contribution in [3.05, 3.63) is 18.0 Å². The average Bonchev–Trinajstić information content (AvgIpc) is 3.08. The maximum Gasteiger partial charge on any atom is 0.280 e. The summed E-state index contributed by atoms with van der Waals surface area (Å²) in [7, 11) is 0. The zero-order chi connectivity index (χ0) is 12.6. The van der Waals surface area contributed by atoms with Crippen molar-refractivity contribution in [3.8, 4) is 11.6 Å². The molecule has 1 aliphatic carbocycles. The maximum atomic E-state index is 6.29. The molecule has 104 valence electrons. The molecule has 0 aliphatic heterocycles. The van der Waals surface area contributed by atoms with Crippen LogP contribution in [0.25, 0.3) is 11.6 Å². The van der Waals surface area contributed by atoms with E-state index in [0.29, 0.717) is 17.4 Å². The highest BCUT2D eigenvalue weighted by atomic mass is 35.5. The first-order valence-corrected chi connectivity index (χ1v) is 6.29. The van der Waals surface area contributed by atoms with E-state index in [1.165, 1.54) is 6.39 Å². The third-order valence-corrected chi connectivity index (χ3v) is 3.53. The van der Waals surface area contributed by atoms with Gasteiger partial charge in [-0.1, -0.05) is 24.9 Å². The van der Waals surface area contributed by atoms with Crippen LogP contribution in [0.4, 0.5) is 0 Å². The molecule has 2 N–H and O–H groups in total. The number of oxazole rings is 1. The van der Waals surface area contributed by atoms with Crippen molar-refractivity contribution < 1.29 is 8.94 Å². The molecule has 3 rings (SSSR count). The number of aromatic nitrogens is 3. The molecule has 2 heterocycles. The van der Waals surface area contributed by atoms with Crippen molar-refractivity contribution in [2.24, 2.45) is 5.73 Å². The molecule has 0 amide bonds. The predicted octanol–water partition coefficient (Wildman–Crippen LogP) is 2.44. The van der Waals surface area contributed by atoms with Crippen LogP contribution >= 0.6 is 12.4 Å². The number of hydrogen-bond donors (Lipinski definition) is 1. The maximum absolute atomic E-state index is 6.29. The van der Waals surface area contributed by atoms with Crippen LogP contribution in [0.5, 0.6) is 0 Å². The molecule has 2 aromatic rings. The van der Waals surface area contributed by atoms with Gasteiger partial charge in [-0.3, -0.25) is 0 Å². The van der Waals surface area contributed by atoms with Gasteiger partial charge in [0.15, 0.2) is 17.9 Å². The van der Waals surface area contributed by atoms with E-state index in [-0.39, 0.29) is 12.4 Å². The summed E-state index contributed by atoms with van der Waals surface area (Å²) >= 11 is 0. The third kappa shape index (κ3) is 2.37. The van der Waals surface area contributed by atoms with Gasteiger partial charge in [-0.15, -0.1) is 12.4 Å². The Hall–Kier alpha value is -1.40. The van der Waals surface area contributed by atoms with Gasteiger partial charge >= 0.3 is 0 Å². The average molecular weight is 285 g/mol. The number of rotatable bonds is 3. The van der Waals surface area contributed by atoms with Gasteiger partial charge in [0.2, 0.25) is 0 Å². The smallest absolute Gasteiger partial charge is 0.280 e. The van der Waals surface area contributed by atoms with Crippen molar-refractivity contribution in [2.75, 3.05) is 0 Å². The van der Waals surface area contributed by atoms with Crippen LogP contribution in [0, 0.1) is 0 Å². The zero-order valence-electron chi connectivity index (χ0n) is 10.8. The SMILES string of the molecule is CCc1ocnc1-c1nc(C2(N)CCCC2)no1.Cl. The van der Waals surface area contributed by atoms with Gasteiger partial charge < -0.3 is 14.7 Å². The number of aryl methyl sites for hydroxylation is 1. The van der Waals surface area contributed by atoms with E-state index in [9.17, 15) is 0 Å². The normalized spacial score (nSPS) is 17.4. The van der Waals surface area contributed by atoms with Crippen LogP contribution in [0.2, 0.25) is 0 Å². The lowest BCUT2D eigenvalue weighted by molar-refractivity contribution is 0.372. The van der Waals surface area contributed by atoms with Gasteiger partial charge in [-0.25, -0.2) is 4.98 Å². The summed E-state index contributed by atoms with van der Waals surface area (Å²) in [5.74, 6) is 1.73. The molecular formula is C12H17ClN4O2. The molecule has 0 atom stereocenters. The van der Waals surface area contributed by atoms with Gasteiger partial charge in [0.05, 0.1) is 5.54 Å². The van der Waals surface area contributed by atoms with Crippen molar-refractivity contribution in [1.82, 2.24) is 15.1 Å². The highest BCUT2D eigenvalue weighted by Crippen LogP contribution is 2.35. The first-order chi connectivity index (χ1) is 8.73. The fourth-order valence-electron chi connectivity index (χ4n) is 2.45. The molecule has 0 unspecified atom stereocenters. The molecular weight excluding hydrogens is 268 g/mol. The van der Waals surface area contributed by atoms with Crippen LogP contribution in [-0.4, -0.2) is 15.1 Å². The largest absolute Gasteiger partial charge is 0.448 e. The first-order valence-electron chi connectivity index (χ1n) is 6.29. The summed E-state index contributed by atoms with van der Waals surface area (Å²) in [5, 5.41) is 4.01. The molecule has 0 saturated heterocycles. The lowest BCUT2D eigenvalue weighted by atomic mass is 9.99. The lowest BCUT2D eigenvalue weighted by Crippen LogP contribution is -2.34. The fraction of sp³-hybridized carbons (Fsp3) is 0.583. The van der Waals surface area contributed by atoms with E-state index in [1.807, 2.05) is 6.92 Å². The fourth-order valence-corrected chi connectivity index (χ4v) is 2.45. The van der Waals surface area contributed by atoms with Gasteiger partial charge in [-0.05, 0) is 12.8 Å². The highest BCUT2D eigenvalue weighted by molar-refractivity contribution is 5.85. The number of halogens is 1. The molecule has 1 saturated carbocycles. The molecule has 7 heteroatoms. The predicted molar refractivity (Wildman–Crippen MR) is 70.8 cm³/mol. The van der Waals surface area contributed by atoms with E-state index >= 15 is 0 Å². The number of nitrogens with zero attached hydrogens (tertiary/aromatic N) is 3. The second-order valence-corrected chi connectivity index (χ2v) is 4.76. The van der Waals surface area contributed by atoms with Crippen LogP contribution in [-0.2, 0) is 12.0 Å². The first kappa shape index (κ1) is 14.0. The summed E-state index contributed by atoms with van der Waals surface area (Å²) in [6, 6.07) is 0. The summed E-state index contributed by atoms with van der Waals surface area (Å²) < 4.78 is 10.5. The van der Waals surface area contributed by atoms with Crippen molar-refractivity contribution in [3.63, 3.8) is 0 Å². The molecule has 2 aromatic heterocycles. The Balaban J connectivity index is 0.00000133. The van der Waals surface area contributed by atoms with Crippen LogP contribution < -0.4 is 5.73 Å². The molecule has 0 spiro atoms. The summed E-state index contributed by atoms with van der Waals surface area (Å²) in [6.45, 7) is 1.99. The third-order valence-electron chi connectivity index (χ3n) is 3.53. The van der Waals surface area contributed by atoms with Gasteiger partial charge in [0.25, 0.3) is 5.89 Å². The molecule has 6 nitrogen and oxygen atoms in total. The van der Waals surface area contributed by atoms with E-state index in [2.05, 4.69) is 15.1 Å². The minimum atomic E-state index is -0.433. The molecule has 1 aliphatic rings. The standard InChI is InChI=1S/C12H16N4O2.ClH/c1-2-8-9(14-7-17-8)10-15-11(16-18-10)12(13)5-3-4-6-12;/h7H,2-6,13H2,1H3;1H. The Labute approximate surface area is 117 Å². The molecule has 0 radical (unpaired) electrons. The van der Waals surface area contributed by atoms with Crippen LogP contribution in [0.15, 0.2) is 15.3 Å². The second-order valence-electron chi connectivity index (χ2n) is 4.76. The van der Waals surface area contributed by atoms with Crippen LogP contribution in [0.3, 0.4) is 0 Å². The van der Waals surface area contributed by atoms with Crippen LogP contribution in [0.1, 0.15) is 44.2 Å². The minimum Gasteiger partial charge on any atom is -0.448 e. The Kier molecular flexibility index (Phi) is 3.91. The topological polar surface area (TPSA) is 91.0 Å². The van der Waals surface area contributed by atoms with Crippen molar-refractivity contribution in [2.45, 2.75) is 44.6 Å². The van der Waals surface area contributed by atoms with Crippen molar-refractivity contribution in [1.29, 1.82) is 0 Å². The summed E-state index contributed by atoms with van der Waals surface area (Å²) in [6.07, 6.45) is 6.18. The monoisotopic (exact) mass is 284 g/mol. The Bertz CT molecular complexity index is 545. The van der Waals surface area contributed by atoms with Crippen molar-refractivity contribution >= 4 is 12.4 Å². The quantitative estimate of drug-likeness (QED) is 0.931. The van der Waals surface area contributed by atoms with Gasteiger partial charge in [-0.2, -0.15) is 4.98 Å². The van der Waals surface area contributed by atoms with E-state index in [1.54, 1.807) is 0 Å². The summed E-state index contributed by atoms with van der Waals surface area (Å²) in [4.78, 5) is 8.51. The van der Waals surface area contributed by atoms with Gasteiger partial charge in [0, 0.05) is 6.42 Å². The number of nitrogens with two attached hydrogens (primary N) is 1. The molecule has 0 aromatic carbocycles. The lowest BCUT2D eigenvalue weighted by Gasteiger charge is -2.17. The molecule has 0 bridgehead atoms. The Morgan fingerprint density at radius 3 is 2.79 bits per heavy atom. The Morgan fingerprint density at radius 1 is 1.37 bits per heavy atom. The van der Waals surface area contributed by atoms with E-state index < -0.39 is 5.54 Å². The number of hydrogen-bond acceptors (Lipinski definition) is 6. The van der Waals surface area contributed by atoms with Gasteiger partial charge in [0.1, 0.15) is 5.76 Å². The zero-order valence-corrected chi connectivity index (χ0v) is 11.6. The minimum absolute atomic E-state index is 0. The van der Waals surface area contributed by atoms with E-state index in [0.717, 1.165) is 37.9 Å². The Morgan fingerprint density at radius 2 is 2.11 bits per heavy atom. The molecule has 1 fully saturated rings. The summed E-state index contributed by atoms with van der Waals surface area (Å²) in [5.41, 5.74) is 6.48. The van der Waals surface area contributed by atoms with E-state index in [4.69, 9.17) is 14.7 Å². The second kappa shape index (κ2) is 5.30. The molecule has 19 heavy (non-hydrogen) atoms.